The van der Waals surface area contributed by atoms with Gasteiger partial charge >= 0.3 is 0 Å². The van der Waals surface area contributed by atoms with E-state index in [1.165, 1.54) is 0 Å². The van der Waals surface area contributed by atoms with Gasteiger partial charge in [-0.3, -0.25) is 24.6 Å². The van der Waals surface area contributed by atoms with Crippen molar-refractivity contribution in [1.82, 2.24) is 34.9 Å². The smallest absolute Gasteiger partial charge is 0.247 e. The highest BCUT2D eigenvalue weighted by molar-refractivity contribution is 7.93. The fraction of sp³-hybridized carbons (Fsp3) is 0.316. The van der Waals surface area contributed by atoms with E-state index in [9.17, 15) is 18.0 Å². The van der Waals surface area contributed by atoms with Crippen molar-refractivity contribution in [2.75, 3.05) is 44.3 Å². The van der Waals surface area contributed by atoms with Crippen LogP contribution in [0.3, 0.4) is 0 Å². The summed E-state index contributed by atoms with van der Waals surface area (Å²) in [5.74, 6) is 0.477. The number of hydrogen-bond donors (Lipinski definition) is 2. The molecule has 2 N–H and O–H groups in total. The van der Waals surface area contributed by atoms with E-state index in [0.29, 0.717) is 43.5 Å². The molecule has 1 saturated carbocycles. The molecule has 0 bridgehead atoms. The summed E-state index contributed by atoms with van der Waals surface area (Å²) in [6, 6.07) is 19.2. The highest BCUT2D eigenvalue weighted by atomic mass is 32.2. The van der Waals surface area contributed by atoms with Gasteiger partial charge in [0.1, 0.15) is 5.69 Å². The summed E-state index contributed by atoms with van der Waals surface area (Å²) >= 11 is 0. The van der Waals surface area contributed by atoms with Gasteiger partial charge < -0.3 is 10.2 Å². The minimum absolute atomic E-state index is 0.0403. The molecule has 3 aromatic heterocycles. The molecule has 5 aromatic rings. The number of amides is 2. The molecule has 2 aliphatic heterocycles. The number of aromatic amines is 1. The third kappa shape index (κ3) is 6.54. The number of rotatable bonds is 9. The van der Waals surface area contributed by atoms with Gasteiger partial charge in [-0.25, -0.2) is 18.4 Å². The Morgan fingerprint density at radius 1 is 0.941 bits per heavy atom. The number of pyridine rings is 1. The Labute approximate surface area is 295 Å². The highest BCUT2D eigenvalue weighted by Gasteiger charge is 2.53. The van der Waals surface area contributed by atoms with Crippen LogP contribution in [0.4, 0.5) is 5.69 Å². The average molecular weight is 703 g/mol. The number of carbonyl (C=O) groups excluding carboxylic acids is 2. The molecule has 8 rings (SSSR count). The van der Waals surface area contributed by atoms with Crippen molar-refractivity contribution in [3.05, 3.63) is 96.6 Å². The Morgan fingerprint density at radius 3 is 2.45 bits per heavy atom. The third-order valence-corrected chi connectivity index (χ3v) is 12.2. The maximum absolute atomic E-state index is 13.9. The number of benzene rings is 2. The summed E-state index contributed by atoms with van der Waals surface area (Å²) in [4.78, 5) is 44.0. The minimum Gasteiger partial charge on any atom is -0.338 e. The molecule has 13 heteroatoms. The van der Waals surface area contributed by atoms with Crippen molar-refractivity contribution in [3.63, 3.8) is 0 Å². The Bertz CT molecular complexity index is 2270. The molecule has 1 aliphatic carbocycles. The first kappa shape index (κ1) is 32.9. The predicted octanol–water partition coefficient (Wildman–Crippen LogP) is 4.70. The first-order valence-electron chi connectivity index (χ1n) is 17.2. The van der Waals surface area contributed by atoms with Crippen LogP contribution in [0.2, 0.25) is 0 Å². The van der Waals surface area contributed by atoms with E-state index in [4.69, 9.17) is 0 Å². The van der Waals surface area contributed by atoms with E-state index in [1.807, 2.05) is 42.5 Å². The van der Waals surface area contributed by atoms with Crippen LogP contribution < -0.4 is 5.32 Å². The Morgan fingerprint density at radius 2 is 1.73 bits per heavy atom. The van der Waals surface area contributed by atoms with Crippen LogP contribution in [0.5, 0.6) is 0 Å². The predicted molar refractivity (Wildman–Crippen MR) is 195 cm³/mol. The van der Waals surface area contributed by atoms with Crippen LogP contribution in [-0.4, -0.2) is 98.9 Å². The van der Waals surface area contributed by atoms with Crippen LogP contribution in [-0.2, 0) is 19.4 Å². The van der Waals surface area contributed by atoms with Crippen molar-refractivity contribution in [2.45, 2.75) is 36.3 Å². The molecule has 0 radical (unpaired) electrons. The Kier molecular flexibility index (Phi) is 8.47. The Hall–Kier alpha value is -5.27. The monoisotopic (exact) mass is 702 g/mol. The summed E-state index contributed by atoms with van der Waals surface area (Å²) in [5, 5.41) is 11.3. The topological polar surface area (TPSA) is 154 Å². The molecule has 2 aromatic carbocycles. The number of nitrogens with zero attached hydrogens (tertiary/aromatic N) is 6. The van der Waals surface area contributed by atoms with Crippen LogP contribution >= 0.6 is 0 Å². The standard InChI is InChI=1S/C38H38N8O4S/c1-51(49,50)38(37(48)42-30-9-10-32-31(22-30)35(44-43-32)29-11-17-39-33(21-29)27-5-6-27)14-20-45(24-38)23-34(47)46-18-12-26(13-19-46)25-3-7-28(8-4-25)36-40-15-2-16-41-36/h2-4,7-12,15-17,21-22,27H,5-6,13-14,18-20,23-24H2,1H3,(H,42,48)(H,43,44)/t38-/m0/s1. The van der Waals surface area contributed by atoms with Crippen molar-refractivity contribution in [3.8, 4) is 22.6 Å². The van der Waals surface area contributed by atoms with E-state index in [0.717, 1.165) is 63.7 Å². The lowest BCUT2D eigenvalue weighted by Crippen LogP contribution is -2.52. The van der Waals surface area contributed by atoms with E-state index >= 15 is 0 Å². The first-order chi connectivity index (χ1) is 24.7. The molecule has 1 atom stereocenters. The molecule has 51 heavy (non-hydrogen) atoms. The van der Waals surface area contributed by atoms with Gasteiger partial charge in [0.2, 0.25) is 11.8 Å². The third-order valence-electron chi connectivity index (χ3n) is 10.3. The average Bonchev–Trinajstić information content (AvgIpc) is 3.77. The molecular weight excluding hydrogens is 665 g/mol. The van der Waals surface area contributed by atoms with Crippen LogP contribution in [0.1, 0.15) is 42.9 Å². The fourth-order valence-corrected chi connectivity index (χ4v) is 8.40. The zero-order chi connectivity index (χ0) is 35.2. The molecule has 1 saturated heterocycles. The van der Waals surface area contributed by atoms with Gasteiger partial charge in [0, 0.05) is 84.8 Å². The lowest BCUT2D eigenvalue weighted by molar-refractivity contribution is -0.132. The van der Waals surface area contributed by atoms with Crippen molar-refractivity contribution >= 4 is 43.8 Å². The Balaban J connectivity index is 0.924. The maximum Gasteiger partial charge on any atom is 0.247 e. The van der Waals surface area contributed by atoms with Crippen molar-refractivity contribution < 1.29 is 18.0 Å². The number of sulfone groups is 1. The van der Waals surface area contributed by atoms with Gasteiger partial charge in [0.15, 0.2) is 20.4 Å². The summed E-state index contributed by atoms with van der Waals surface area (Å²) in [6.07, 6.45) is 11.5. The largest absolute Gasteiger partial charge is 0.338 e. The molecule has 2 amide bonds. The first-order valence-corrected chi connectivity index (χ1v) is 19.1. The number of aromatic nitrogens is 5. The normalized spacial score (nSPS) is 19.6. The number of fused-ring (bicyclic) bond motifs is 1. The second-order valence-corrected chi connectivity index (χ2v) is 16.1. The molecule has 0 unspecified atom stereocenters. The highest BCUT2D eigenvalue weighted by Crippen LogP contribution is 2.40. The zero-order valence-electron chi connectivity index (χ0n) is 28.2. The zero-order valence-corrected chi connectivity index (χ0v) is 29.1. The number of H-pyrrole nitrogens is 1. The van der Waals surface area contributed by atoms with Crippen LogP contribution in [0, 0.1) is 0 Å². The minimum atomic E-state index is -3.85. The molecular formula is C38H38N8O4S. The molecule has 0 spiro atoms. The summed E-state index contributed by atoms with van der Waals surface area (Å²) in [7, 11) is -3.85. The second-order valence-electron chi connectivity index (χ2n) is 13.7. The molecule has 12 nitrogen and oxygen atoms in total. The SMILES string of the molecule is CS(=O)(=O)[C@@]1(C(=O)Nc2ccc3[nH]nc(-c4ccnc(C5CC5)c4)c3c2)CCN(CC(=O)N2CC=C(c3ccc(-c4ncccn4)cc3)CC2)C1. The van der Waals surface area contributed by atoms with E-state index in [2.05, 4.69) is 42.6 Å². The number of carbonyl (C=O) groups is 2. The van der Waals surface area contributed by atoms with Gasteiger partial charge in [0.25, 0.3) is 0 Å². The van der Waals surface area contributed by atoms with Gasteiger partial charge in [-0.2, -0.15) is 5.10 Å². The summed E-state index contributed by atoms with van der Waals surface area (Å²) < 4.78 is 24.9. The van der Waals surface area contributed by atoms with Gasteiger partial charge in [-0.1, -0.05) is 30.3 Å². The van der Waals surface area contributed by atoms with E-state index in [-0.39, 0.29) is 25.4 Å². The lowest BCUT2D eigenvalue weighted by atomic mass is 9.98. The number of nitrogens with one attached hydrogen (secondary N) is 2. The molecule has 260 valence electrons. The van der Waals surface area contributed by atoms with Gasteiger partial charge in [0.05, 0.1) is 12.1 Å². The van der Waals surface area contributed by atoms with E-state index < -0.39 is 20.5 Å². The number of anilines is 1. The molecule has 5 heterocycles. The quantitative estimate of drug-likeness (QED) is 0.223. The summed E-state index contributed by atoms with van der Waals surface area (Å²) in [5.41, 5.74) is 7.19. The second kappa shape index (κ2) is 13.1. The van der Waals surface area contributed by atoms with Gasteiger partial charge in [-0.15, -0.1) is 0 Å². The van der Waals surface area contributed by atoms with Crippen molar-refractivity contribution in [2.24, 2.45) is 0 Å². The number of hydrogen-bond acceptors (Lipinski definition) is 9. The number of likely N-dealkylation sites (tertiary alicyclic amines) is 1. The van der Waals surface area contributed by atoms with Crippen molar-refractivity contribution in [1.29, 1.82) is 0 Å². The van der Waals surface area contributed by atoms with Crippen LogP contribution in [0.25, 0.3) is 39.1 Å². The molecule has 2 fully saturated rings. The molecule has 3 aliphatic rings. The maximum atomic E-state index is 13.9. The van der Waals surface area contributed by atoms with E-state index in [1.54, 1.807) is 40.5 Å². The summed E-state index contributed by atoms with van der Waals surface area (Å²) in [6.45, 7) is 1.31. The van der Waals surface area contributed by atoms with Gasteiger partial charge in [-0.05, 0) is 73.2 Å². The lowest BCUT2D eigenvalue weighted by Gasteiger charge is -2.29. The fourth-order valence-electron chi connectivity index (χ4n) is 7.13. The van der Waals surface area contributed by atoms with Crippen LogP contribution in [0.15, 0.2) is 85.3 Å².